The van der Waals surface area contributed by atoms with E-state index in [1.165, 1.54) is 32.1 Å². The minimum atomic E-state index is 0.456. The fraction of sp³-hybridized carbons (Fsp3) is 0.438. The quantitative estimate of drug-likeness (QED) is 0.772. The highest BCUT2D eigenvalue weighted by Gasteiger charge is 2.14. The third-order valence-electron chi connectivity index (χ3n) is 4.03. The molecule has 2 N–H and O–H groups in total. The maximum Gasteiger partial charge on any atom is 0.248 e. The molecule has 0 atom stereocenters. The molecule has 1 aliphatic rings. The number of anilines is 1. The van der Waals surface area contributed by atoms with Crippen LogP contribution in [0, 0.1) is 0 Å². The van der Waals surface area contributed by atoms with Gasteiger partial charge >= 0.3 is 0 Å². The van der Waals surface area contributed by atoms with Crippen LogP contribution in [0.25, 0.3) is 0 Å². The van der Waals surface area contributed by atoms with Crippen molar-refractivity contribution in [3.8, 4) is 0 Å². The first-order valence-corrected chi connectivity index (χ1v) is 9.17. The van der Waals surface area contributed by atoms with E-state index in [4.69, 9.17) is 35.4 Å². The lowest BCUT2D eigenvalue weighted by molar-refractivity contribution is 0.414. The summed E-state index contributed by atoms with van der Waals surface area (Å²) < 4.78 is 1.73. The van der Waals surface area contributed by atoms with Gasteiger partial charge in [-0.1, -0.05) is 48.5 Å². The maximum absolute atomic E-state index is 6.03. The second-order valence-corrected chi connectivity index (χ2v) is 7.17. The van der Waals surface area contributed by atoms with Crippen LogP contribution in [-0.4, -0.2) is 25.9 Å². The molecule has 1 aromatic heterocycles. The van der Waals surface area contributed by atoms with E-state index in [-0.39, 0.29) is 0 Å². The lowest BCUT2D eigenvalue weighted by Gasteiger charge is -2.23. The van der Waals surface area contributed by atoms with Crippen LogP contribution in [0.4, 0.5) is 5.95 Å². The van der Waals surface area contributed by atoms with Crippen molar-refractivity contribution in [1.82, 2.24) is 20.1 Å². The molecule has 2 aromatic rings. The summed E-state index contributed by atoms with van der Waals surface area (Å²) in [5.41, 5.74) is 1.00. The highest BCUT2D eigenvalue weighted by Crippen LogP contribution is 2.23. The van der Waals surface area contributed by atoms with Gasteiger partial charge in [-0.2, -0.15) is 0 Å². The molecule has 128 valence electrons. The number of hydrogen-bond donors (Lipinski definition) is 2. The fourth-order valence-corrected chi connectivity index (χ4v) is 3.40. The number of nitrogens with zero attached hydrogens (tertiary/aromatic N) is 3. The summed E-state index contributed by atoms with van der Waals surface area (Å²) in [5.74, 6) is 0.489. The number of thiocarbonyl (C=S) groups is 1. The van der Waals surface area contributed by atoms with Crippen molar-refractivity contribution in [3.05, 3.63) is 40.1 Å². The SMILES string of the molecule is S=C(Nc1ncn(Cc2ccc(Cl)c(Cl)c2)n1)NC1CCCCC1. The van der Waals surface area contributed by atoms with Crippen LogP contribution in [0.5, 0.6) is 0 Å². The van der Waals surface area contributed by atoms with Crippen molar-refractivity contribution in [2.75, 3.05) is 5.32 Å². The number of halogens is 2. The Morgan fingerprint density at radius 1 is 1.21 bits per heavy atom. The van der Waals surface area contributed by atoms with Crippen molar-refractivity contribution >= 4 is 46.5 Å². The smallest absolute Gasteiger partial charge is 0.248 e. The summed E-state index contributed by atoms with van der Waals surface area (Å²) in [5, 5.41) is 12.4. The standard InChI is InChI=1S/C16H19Cl2N5S/c17-13-7-6-11(8-14(13)18)9-23-10-19-15(22-23)21-16(24)20-12-4-2-1-3-5-12/h6-8,10,12H,1-5,9H2,(H2,20,21,22,24). The molecule has 3 rings (SSSR count). The lowest BCUT2D eigenvalue weighted by atomic mass is 9.96. The van der Waals surface area contributed by atoms with E-state index >= 15 is 0 Å². The molecular formula is C16H19Cl2N5S. The molecule has 0 bridgehead atoms. The predicted molar refractivity (Wildman–Crippen MR) is 102 cm³/mol. The predicted octanol–water partition coefficient (Wildman–Crippen LogP) is 4.25. The molecule has 0 spiro atoms. The Morgan fingerprint density at radius 3 is 2.75 bits per heavy atom. The second kappa shape index (κ2) is 8.14. The van der Waals surface area contributed by atoms with E-state index in [9.17, 15) is 0 Å². The number of benzene rings is 1. The van der Waals surface area contributed by atoms with Gasteiger partial charge in [0.15, 0.2) is 5.11 Å². The molecule has 0 amide bonds. The molecule has 0 aliphatic heterocycles. The first-order chi connectivity index (χ1) is 11.6. The molecule has 5 nitrogen and oxygen atoms in total. The average Bonchev–Trinajstić information content (AvgIpc) is 2.98. The summed E-state index contributed by atoms with van der Waals surface area (Å²) >= 11 is 17.3. The molecule has 0 saturated heterocycles. The van der Waals surface area contributed by atoms with E-state index in [1.807, 2.05) is 12.1 Å². The normalized spacial score (nSPS) is 15.2. The van der Waals surface area contributed by atoms with Gasteiger partial charge in [-0.05, 0) is 42.8 Å². The van der Waals surface area contributed by atoms with Gasteiger partial charge in [-0.15, -0.1) is 5.10 Å². The zero-order chi connectivity index (χ0) is 16.9. The van der Waals surface area contributed by atoms with Gasteiger partial charge < -0.3 is 5.32 Å². The summed E-state index contributed by atoms with van der Waals surface area (Å²) in [4.78, 5) is 4.24. The molecule has 1 fully saturated rings. The number of nitrogens with one attached hydrogen (secondary N) is 2. The Morgan fingerprint density at radius 2 is 2.00 bits per heavy atom. The van der Waals surface area contributed by atoms with E-state index in [0.717, 1.165) is 5.56 Å². The molecule has 1 saturated carbocycles. The van der Waals surface area contributed by atoms with E-state index in [0.29, 0.717) is 33.7 Å². The monoisotopic (exact) mass is 383 g/mol. The third kappa shape index (κ3) is 4.82. The molecule has 24 heavy (non-hydrogen) atoms. The zero-order valence-electron chi connectivity index (χ0n) is 13.1. The van der Waals surface area contributed by atoms with Crippen molar-refractivity contribution in [2.45, 2.75) is 44.7 Å². The van der Waals surface area contributed by atoms with Crippen LogP contribution in [0.2, 0.25) is 10.0 Å². The zero-order valence-corrected chi connectivity index (χ0v) is 15.5. The molecule has 8 heteroatoms. The Kier molecular flexibility index (Phi) is 5.92. The van der Waals surface area contributed by atoms with Gasteiger partial charge in [-0.25, -0.2) is 9.67 Å². The largest absolute Gasteiger partial charge is 0.360 e. The Hall–Kier alpha value is -1.37. The maximum atomic E-state index is 6.03. The van der Waals surface area contributed by atoms with E-state index < -0.39 is 0 Å². The van der Waals surface area contributed by atoms with Crippen molar-refractivity contribution in [3.63, 3.8) is 0 Å². The minimum absolute atomic E-state index is 0.456. The Labute approximate surface area is 156 Å². The van der Waals surface area contributed by atoms with Crippen LogP contribution >= 0.6 is 35.4 Å². The third-order valence-corrected chi connectivity index (χ3v) is 4.99. The van der Waals surface area contributed by atoms with Crippen molar-refractivity contribution in [1.29, 1.82) is 0 Å². The van der Waals surface area contributed by atoms with Crippen LogP contribution < -0.4 is 10.6 Å². The number of aromatic nitrogens is 3. The van der Waals surface area contributed by atoms with E-state index in [1.54, 1.807) is 17.1 Å². The summed E-state index contributed by atoms with van der Waals surface area (Å²) in [7, 11) is 0. The molecule has 1 heterocycles. The first-order valence-electron chi connectivity index (χ1n) is 8.01. The molecule has 0 radical (unpaired) electrons. The van der Waals surface area contributed by atoms with Crippen molar-refractivity contribution < 1.29 is 0 Å². The average molecular weight is 384 g/mol. The highest BCUT2D eigenvalue weighted by molar-refractivity contribution is 7.80. The summed E-state index contributed by atoms with van der Waals surface area (Å²) in [6.07, 6.45) is 7.84. The van der Waals surface area contributed by atoms with Gasteiger partial charge in [0.25, 0.3) is 0 Å². The molecule has 0 unspecified atom stereocenters. The Balaban J connectivity index is 1.54. The van der Waals surface area contributed by atoms with Crippen LogP contribution in [0.15, 0.2) is 24.5 Å². The lowest BCUT2D eigenvalue weighted by Crippen LogP contribution is -2.39. The van der Waals surface area contributed by atoms with Gasteiger partial charge in [0.2, 0.25) is 5.95 Å². The topological polar surface area (TPSA) is 54.8 Å². The summed E-state index contributed by atoms with van der Waals surface area (Å²) in [6.45, 7) is 0.564. The van der Waals surface area contributed by atoms with Crippen LogP contribution in [-0.2, 0) is 6.54 Å². The van der Waals surface area contributed by atoms with Gasteiger partial charge in [-0.3, -0.25) is 5.32 Å². The number of rotatable bonds is 4. The van der Waals surface area contributed by atoms with Crippen LogP contribution in [0.3, 0.4) is 0 Å². The highest BCUT2D eigenvalue weighted by atomic mass is 35.5. The van der Waals surface area contributed by atoms with E-state index in [2.05, 4.69) is 20.7 Å². The summed E-state index contributed by atoms with van der Waals surface area (Å²) in [6, 6.07) is 5.97. The Bertz CT molecular complexity index is 712. The first kappa shape index (κ1) is 17.5. The molecular weight excluding hydrogens is 365 g/mol. The second-order valence-electron chi connectivity index (χ2n) is 5.95. The van der Waals surface area contributed by atoms with Gasteiger partial charge in [0.1, 0.15) is 6.33 Å². The fourth-order valence-electron chi connectivity index (χ4n) is 2.82. The molecule has 1 aromatic carbocycles. The number of hydrogen-bond acceptors (Lipinski definition) is 3. The molecule has 1 aliphatic carbocycles. The minimum Gasteiger partial charge on any atom is -0.360 e. The van der Waals surface area contributed by atoms with Gasteiger partial charge in [0, 0.05) is 6.04 Å². The van der Waals surface area contributed by atoms with Crippen molar-refractivity contribution in [2.24, 2.45) is 0 Å². The van der Waals surface area contributed by atoms with Crippen LogP contribution in [0.1, 0.15) is 37.7 Å². The van der Waals surface area contributed by atoms with Gasteiger partial charge in [0.05, 0.1) is 16.6 Å².